The summed E-state index contributed by atoms with van der Waals surface area (Å²) < 4.78 is 23.6. The van der Waals surface area contributed by atoms with Gasteiger partial charge in [0, 0.05) is 56.9 Å². The number of nitrogens with zero attached hydrogens (tertiary/aromatic N) is 3. The molecule has 0 unspecified atom stereocenters. The first-order chi connectivity index (χ1) is 22.3. The number of amides is 1. The number of fused-ring (bicyclic) bond motifs is 2. The Morgan fingerprint density at radius 3 is 2.33 bits per heavy atom. The molecule has 0 aliphatic carbocycles. The van der Waals surface area contributed by atoms with Crippen LogP contribution in [0.2, 0.25) is 0 Å². The second-order valence-corrected chi connectivity index (χ2v) is 11.8. The van der Waals surface area contributed by atoms with Crippen molar-refractivity contribution < 1.29 is 23.5 Å². The minimum atomic E-state index is -0.339. The van der Waals surface area contributed by atoms with Gasteiger partial charge in [-0.2, -0.15) is 0 Å². The van der Waals surface area contributed by atoms with Gasteiger partial charge >= 0.3 is 0 Å². The number of piperazine rings is 1. The van der Waals surface area contributed by atoms with Crippen LogP contribution in [-0.4, -0.2) is 80.0 Å². The van der Waals surface area contributed by atoms with Crippen LogP contribution in [0.25, 0.3) is 10.2 Å². The van der Waals surface area contributed by atoms with Crippen LogP contribution in [0.1, 0.15) is 48.6 Å². The van der Waals surface area contributed by atoms with Gasteiger partial charge in [0.25, 0.3) is 0 Å². The molecule has 1 saturated heterocycles. The number of ether oxygens (including phenoxy) is 2. The summed E-state index contributed by atoms with van der Waals surface area (Å²) in [6, 6.07) is 17.0. The third-order valence-corrected chi connectivity index (χ3v) is 8.23. The van der Waals surface area contributed by atoms with E-state index in [0.717, 1.165) is 71.3 Å². The average molecular weight is 652 g/mol. The van der Waals surface area contributed by atoms with Crippen LogP contribution in [0.5, 0.6) is 11.5 Å². The summed E-state index contributed by atoms with van der Waals surface area (Å²) in [6.07, 6.45) is 1.45. The van der Waals surface area contributed by atoms with Gasteiger partial charge in [0.1, 0.15) is 23.9 Å². The molecule has 6 rings (SSSR count). The fourth-order valence-electron chi connectivity index (χ4n) is 4.81. The molecule has 0 radical (unpaired) electrons. The van der Waals surface area contributed by atoms with E-state index in [9.17, 15) is 14.0 Å². The van der Waals surface area contributed by atoms with Gasteiger partial charge in [-0.1, -0.05) is 26.0 Å². The van der Waals surface area contributed by atoms with Crippen LogP contribution in [0.15, 0.2) is 54.6 Å². The smallest absolute Gasteiger partial charge is 0.211 e. The van der Waals surface area contributed by atoms with Crippen molar-refractivity contribution in [3.63, 3.8) is 0 Å². The van der Waals surface area contributed by atoms with Gasteiger partial charge in [0.05, 0.1) is 16.3 Å². The number of carbonyl (C=O) groups is 2. The van der Waals surface area contributed by atoms with Gasteiger partial charge in [-0.25, -0.2) is 9.37 Å². The molecule has 0 atom stereocenters. The van der Waals surface area contributed by atoms with E-state index < -0.39 is 0 Å². The molecule has 248 valence electrons. The summed E-state index contributed by atoms with van der Waals surface area (Å²) in [5, 5.41) is 6.15. The van der Waals surface area contributed by atoms with Crippen molar-refractivity contribution in [2.24, 2.45) is 0 Å². The van der Waals surface area contributed by atoms with Crippen molar-refractivity contribution in [2.45, 2.75) is 47.2 Å². The van der Waals surface area contributed by atoms with Gasteiger partial charge in [-0.15, -0.1) is 11.3 Å². The number of benzene rings is 2. The lowest BCUT2D eigenvalue weighted by molar-refractivity contribution is -0.105. The number of hydrogen-bond acceptors (Lipinski definition) is 9. The molecule has 2 N–H and O–H groups in total. The Bertz CT molecular complexity index is 1540. The highest BCUT2D eigenvalue weighted by atomic mass is 32.1. The molecule has 11 heteroatoms. The summed E-state index contributed by atoms with van der Waals surface area (Å²) in [5.74, 6) is 1.40. The SMILES string of the molecule is CC.CC(C)N1CCN(Cc2ccc3cc(C=O)sc3n2)CC1.CNc1cc(NC=O)ccc1F.Cc1ccc2c(c1)OCCO2. The van der Waals surface area contributed by atoms with E-state index in [4.69, 9.17) is 14.5 Å². The number of halogens is 1. The Labute approximate surface area is 275 Å². The minimum Gasteiger partial charge on any atom is -0.486 e. The number of carbonyl (C=O) groups excluding carboxylic acids is 2. The maximum atomic E-state index is 12.8. The lowest BCUT2D eigenvalue weighted by Gasteiger charge is -2.36. The number of pyridine rings is 1. The molecular formula is C35H46FN5O4S. The number of thiophene rings is 1. The molecule has 2 aliphatic rings. The monoisotopic (exact) mass is 651 g/mol. The third kappa shape index (κ3) is 10.8. The number of aryl methyl sites for hydroxylation is 1. The van der Waals surface area contributed by atoms with Gasteiger partial charge < -0.3 is 20.1 Å². The largest absolute Gasteiger partial charge is 0.486 e. The van der Waals surface area contributed by atoms with Crippen molar-refractivity contribution >= 4 is 45.6 Å². The lowest BCUT2D eigenvalue weighted by atomic mass is 10.2. The second kappa shape index (κ2) is 18.8. The van der Waals surface area contributed by atoms with Crippen molar-refractivity contribution in [1.29, 1.82) is 0 Å². The molecule has 0 bridgehead atoms. The fraction of sp³-hybridized carbons (Fsp3) is 0.400. The first-order valence-electron chi connectivity index (χ1n) is 15.6. The van der Waals surface area contributed by atoms with Crippen molar-refractivity contribution in [3.8, 4) is 11.5 Å². The first kappa shape index (κ1) is 36.4. The molecule has 4 aromatic rings. The quantitative estimate of drug-likeness (QED) is 0.209. The van der Waals surface area contributed by atoms with Crippen LogP contribution in [-0.2, 0) is 11.3 Å². The minimum absolute atomic E-state index is 0.339. The van der Waals surface area contributed by atoms with E-state index in [-0.39, 0.29) is 5.82 Å². The lowest BCUT2D eigenvalue weighted by Crippen LogP contribution is -2.48. The van der Waals surface area contributed by atoms with E-state index in [1.54, 1.807) is 7.05 Å². The summed E-state index contributed by atoms with van der Waals surface area (Å²) in [7, 11) is 1.61. The van der Waals surface area contributed by atoms with Gasteiger partial charge in [-0.05, 0) is 68.8 Å². The maximum absolute atomic E-state index is 12.8. The molecule has 4 heterocycles. The van der Waals surface area contributed by atoms with Gasteiger partial charge in [0.15, 0.2) is 17.8 Å². The number of hydrogen-bond donors (Lipinski definition) is 2. The zero-order valence-electron chi connectivity index (χ0n) is 27.6. The number of anilines is 2. The van der Waals surface area contributed by atoms with E-state index in [1.165, 1.54) is 35.1 Å². The highest BCUT2D eigenvalue weighted by Gasteiger charge is 2.19. The molecule has 0 saturated carbocycles. The summed E-state index contributed by atoms with van der Waals surface area (Å²) in [6.45, 7) is 17.2. The molecule has 0 spiro atoms. The van der Waals surface area contributed by atoms with E-state index in [2.05, 4.69) is 46.4 Å². The van der Waals surface area contributed by atoms with Crippen molar-refractivity contribution in [1.82, 2.24) is 14.8 Å². The van der Waals surface area contributed by atoms with Gasteiger partial charge in [0.2, 0.25) is 6.41 Å². The summed E-state index contributed by atoms with van der Waals surface area (Å²) in [4.78, 5) is 32.3. The van der Waals surface area contributed by atoms with Crippen LogP contribution in [0.4, 0.5) is 15.8 Å². The summed E-state index contributed by atoms with van der Waals surface area (Å²) >= 11 is 1.47. The van der Waals surface area contributed by atoms with Crippen molar-refractivity contribution in [3.05, 3.63) is 76.5 Å². The van der Waals surface area contributed by atoms with E-state index in [1.807, 2.05) is 45.0 Å². The number of nitrogens with one attached hydrogen (secondary N) is 2. The molecule has 46 heavy (non-hydrogen) atoms. The normalized spacial score (nSPS) is 14.1. The van der Waals surface area contributed by atoms with E-state index >= 15 is 0 Å². The highest BCUT2D eigenvalue weighted by Crippen LogP contribution is 2.30. The van der Waals surface area contributed by atoms with Crippen LogP contribution < -0.4 is 20.1 Å². The predicted molar refractivity (Wildman–Crippen MR) is 186 cm³/mol. The molecular weight excluding hydrogens is 605 g/mol. The van der Waals surface area contributed by atoms with Crippen LogP contribution >= 0.6 is 11.3 Å². The zero-order valence-corrected chi connectivity index (χ0v) is 28.5. The van der Waals surface area contributed by atoms with Gasteiger partial charge in [-0.3, -0.25) is 19.4 Å². The Morgan fingerprint density at radius 2 is 1.67 bits per heavy atom. The molecule has 9 nitrogen and oxygen atoms in total. The second-order valence-electron chi connectivity index (χ2n) is 10.7. The standard InChI is InChI=1S/C16H21N3OS.C9H10O2.C8H9FN2O.C2H6/c1-12(2)19-7-5-18(6-8-19)10-14-4-3-13-9-15(11-20)21-16(13)17-14;1-7-2-3-8-9(6-7)11-5-4-10-8;1-10-8-4-6(11-5-12)2-3-7(8)9;1-2/h3-4,9,11-12H,5-8,10H2,1-2H3;2-3,6H,4-5H2,1H3;2-5,10H,1H3,(H,11,12);1-2H3. The molecule has 2 aromatic carbocycles. The van der Waals surface area contributed by atoms with E-state index in [0.29, 0.717) is 37.0 Å². The molecule has 2 aliphatic heterocycles. The Kier molecular flexibility index (Phi) is 14.9. The molecule has 1 fully saturated rings. The Balaban J connectivity index is 0.000000197. The van der Waals surface area contributed by atoms with Crippen LogP contribution in [0, 0.1) is 12.7 Å². The summed E-state index contributed by atoms with van der Waals surface area (Å²) in [5.41, 5.74) is 3.23. The predicted octanol–water partition coefficient (Wildman–Crippen LogP) is 6.86. The average Bonchev–Trinajstić information content (AvgIpc) is 3.50. The topological polar surface area (TPSA) is 96.0 Å². The third-order valence-electron chi connectivity index (χ3n) is 7.26. The number of aldehydes is 1. The first-order valence-corrected chi connectivity index (χ1v) is 16.5. The Hall–Kier alpha value is -4.06. The van der Waals surface area contributed by atoms with Crippen LogP contribution in [0.3, 0.4) is 0 Å². The zero-order chi connectivity index (χ0) is 33.5. The maximum Gasteiger partial charge on any atom is 0.211 e. The Morgan fingerprint density at radius 1 is 0.957 bits per heavy atom. The highest BCUT2D eigenvalue weighted by molar-refractivity contribution is 7.20. The number of aromatic nitrogens is 1. The van der Waals surface area contributed by atoms with Crippen molar-refractivity contribution in [2.75, 3.05) is 57.1 Å². The fourth-order valence-corrected chi connectivity index (χ4v) is 5.68. The molecule has 2 aromatic heterocycles. The number of rotatable bonds is 7. The molecule has 1 amide bonds.